The van der Waals surface area contributed by atoms with E-state index in [1.165, 1.54) is 5.56 Å². The van der Waals surface area contributed by atoms with Gasteiger partial charge in [0.1, 0.15) is 0 Å². The Balaban J connectivity index is 2.64. The minimum absolute atomic E-state index is 0.178. The van der Waals surface area contributed by atoms with Gasteiger partial charge < -0.3 is 10.2 Å². The largest absolute Gasteiger partial charge is 0.316 e. The Bertz CT molecular complexity index is 346. The molecule has 1 aromatic carbocycles. The molecule has 1 aromatic rings. The zero-order valence-corrected chi connectivity index (χ0v) is 11.0. The summed E-state index contributed by atoms with van der Waals surface area (Å²) >= 11 is 0. The second kappa shape index (κ2) is 7.07. The highest BCUT2D eigenvalue weighted by molar-refractivity contribution is 5.93. The highest BCUT2D eigenvalue weighted by atomic mass is 16.2. The molecule has 3 nitrogen and oxygen atoms in total. The predicted molar refractivity (Wildman–Crippen MR) is 72.4 cm³/mol. The van der Waals surface area contributed by atoms with E-state index in [4.69, 9.17) is 0 Å². The van der Waals surface area contributed by atoms with E-state index in [0.29, 0.717) is 13.0 Å². The first-order valence-corrected chi connectivity index (χ1v) is 6.26. The number of anilines is 1. The van der Waals surface area contributed by atoms with Crippen molar-refractivity contribution in [2.45, 2.75) is 27.2 Å². The van der Waals surface area contributed by atoms with Crippen LogP contribution in [-0.2, 0) is 4.79 Å². The topological polar surface area (TPSA) is 32.3 Å². The Morgan fingerprint density at radius 2 is 1.88 bits per heavy atom. The van der Waals surface area contributed by atoms with Gasteiger partial charge in [0.2, 0.25) is 5.91 Å². The zero-order chi connectivity index (χ0) is 12.7. The maximum Gasteiger partial charge on any atom is 0.228 e. The fourth-order valence-corrected chi connectivity index (χ4v) is 1.73. The molecule has 17 heavy (non-hydrogen) atoms. The van der Waals surface area contributed by atoms with Crippen molar-refractivity contribution >= 4 is 11.6 Å². The zero-order valence-electron chi connectivity index (χ0n) is 11.0. The van der Waals surface area contributed by atoms with Crippen LogP contribution in [0.4, 0.5) is 5.69 Å². The van der Waals surface area contributed by atoms with Gasteiger partial charge in [0.25, 0.3) is 0 Å². The van der Waals surface area contributed by atoms with E-state index in [9.17, 15) is 4.79 Å². The maximum absolute atomic E-state index is 12.0. The molecule has 94 valence electrons. The van der Waals surface area contributed by atoms with Crippen LogP contribution in [0.15, 0.2) is 24.3 Å². The number of aryl methyl sites for hydroxylation is 1. The van der Waals surface area contributed by atoms with Gasteiger partial charge in [0.05, 0.1) is 0 Å². The molecule has 0 aliphatic carbocycles. The molecule has 0 saturated heterocycles. The van der Waals surface area contributed by atoms with Crippen LogP contribution in [-0.4, -0.2) is 25.5 Å². The minimum atomic E-state index is 0.178. The van der Waals surface area contributed by atoms with Gasteiger partial charge in [-0.15, -0.1) is 0 Å². The van der Waals surface area contributed by atoms with Crippen molar-refractivity contribution in [3.63, 3.8) is 0 Å². The summed E-state index contributed by atoms with van der Waals surface area (Å²) in [5.74, 6) is 0.178. The Labute approximate surface area is 104 Å². The lowest BCUT2D eigenvalue weighted by Crippen LogP contribution is -2.33. The molecule has 0 unspecified atom stereocenters. The average Bonchev–Trinajstić information content (AvgIpc) is 2.33. The molecule has 0 atom stereocenters. The van der Waals surface area contributed by atoms with Gasteiger partial charge in [-0.3, -0.25) is 4.79 Å². The van der Waals surface area contributed by atoms with Crippen molar-refractivity contribution in [3.05, 3.63) is 29.8 Å². The molecule has 0 heterocycles. The SMILES string of the molecule is CCNCCC(=O)N(CC)c1ccc(C)cc1. The van der Waals surface area contributed by atoms with Crippen molar-refractivity contribution in [2.75, 3.05) is 24.5 Å². The lowest BCUT2D eigenvalue weighted by Gasteiger charge is -2.21. The Kier molecular flexibility index (Phi) is 5.70. The third-order valence-corrected chi connectivity index (χ3v) is 2.73. The number of nitrogens with one attached hydrogen (secondary N) is 1. The Morgan fingerprint density at radius 1 is 1.24 bits per heavy atom. The van der Waals surface area contributed by atoms with Crippen LogP contribution in [0.1, 0.15) is 25.8 Å². The molecule has 0 aromatic heterocycles. The molecule has 0 aliphatic heterocycles. The third-order valence-electron chi connectivity index (χ3n) is 2.73. The molecular weight excluding hydrogens is 212 g/mol. The molecule has 1 rings (SSSR count). The smallest absolute Gasteiger partial charge is 0.228 e. The summed E-state index contributed by atoms with van der Waals surface area (Å²) in [5.41, 5.74) is 2.20. The summed E-state index contributed by atoms with van der Waals surface area (Å²) in [7, 11) is 0. The molecule has 0 radical (unpaired) electrons. The van der Waals surface area contributed by atoms with Crippen LogP contribution >= 0.6 is 0 Å². The first-order valence-electron chi connectivity index (χ1n) is 6.26. The normalized spacial score (nSPS) is 10.3. The molecule has 0 saturated carbocycles. The standard InChI is InChI=1S/C14H22N2O/c1-4-15-11-10-14(17)16(5-2)13-8-6-12(3)7-9-13/h6-9,15H,4-5,10-11H2,1-3H3. The van der Waals surface area contributed by atoms with Crippen molar-refractivity contribution in [2.24, 2.45) is 0 Å². The molecular formula is C14H22N2O. The average molecular weight is 234 g/mol. The number of amides is 1. The summed E-state index contributed by atoms with van der Waals surface area (Å²) in [5, 5.41) is 3.17. The molecule has 1 N–H and O–H groups in total. The summed E-state index contributed by atoms with van der Waals surface area (Å²) in [6, 6.07) is 8.08. The van der Waals surface area contributed by atoms with Gasteiger partial charge >= 0.3 is 0 Å². The first-order chi connectivity index (χ1) is 8.19. The van der Waals surface area contributed by atoms with Gasteiger partial charge in [-0.25, -0.2) is 0 Å². The minimum Gasteiger partial charge on any atom is -0.316 e. The van der Waals surface area contributed by atoms with Crippen LogP contribution in [0.25, 0.3) is 0 Å². The van der Waals surface area contributed by atoms with Gasteiger partial charge in [0, 0.05) is 25.2 Å². The number of hydrogen-bond donors (Lipinski definition) is 1. The number of benzene rings is 1. The lowest BCUT2D eigenvalue weighted by molar-refractivity contribution is -0.118. The molecule has 1 amide bonds. The number of carbonyl (C=O) groups excluding carboxylic acids is 1. The monoisotopic (exact) mass is 234 g/mol. The van der Waals surface area contributed by atoms with Gasteiger partial charge in [-0.1, -0.05) is 24.6 Å². The Hall–Kier alpha value is -1.35. The van der Waals surface area contributed by atoms with E-state index in [2.05, 4.69) is 5.32 Å². The maximum atomic E-state index is 12.0. The number of rotatable bonds is 6. The third kappa shape index (κ3) is 4.19. The fraction of sp³-hybridized carbons (Fsp3) is 0.500. The number of hydrogen-bond acceptors (Lipinski definition) is 2. The predicted octanol–water partition coefficient (Wildman–Crippen LogP) is 2.35. The number of nitrogens with zero attached hydrogens (tertiary/aromatic N) is 1. The van der Waals surface area contributed by atoms with Crippen molar-refractivity contribution in [3.8, 4) is 0 Å². The fourth-order valence-electron chi connectivity index (χ4n) is 1.73. The van der Waals surface area contributed by atoms with Crippen LogP contribution in [0.3, 0.4) is 0 Å². The van der Waals surface area contributed by atoms with Crippen LogP contribution in [0, 0.1) is 6.92 Å². The first kappa shape index (κ1) is 13.7. The van der Waals surface area contributed by atoms with E-state index in [1.54, 1.807) is 0 Å². The molecule has 0 bridgehead atoms. The second-order valence-corrected chi connectivity index (χ2v) is 4.08. The van der Waals surface area contributed by atoms with Crippen LogP contribution < -0.4 is 10.2 Å². The van der Waals surface area contributed by atoms with E-state index in [-0.39, 0.29) is 5.91 Å². The second-order valence-electron chi connectivity index (χ2n) is 4.08. The van der Waals surface area contributed by atoms with E-state index in [1.807, 2.05) is 49.9 Å². The van der Waals surface area contributed by atoms with Gasteiger partial charge in [-0.2, -0.15) is 0 Å². The van der Waals surface area contributed by atoms with Crippen molar-refractivity contribution in [1.82, 2.24) is 5.32 Å². The van der Waals surface area contributed by atoms with E-state index in [0.717, 1.165) is 18.8 Å². The highest BCUT2D eigenvalue weighted by Crippen LogP contribution is 2.15. The van der Waals surface area contributed by atoms with Gasteiger partial charge in [0.15, 0.2) is 0 Å². The van der Waals surface area contributed by atoms with Crippen LogP contribution in [0.5, 0.6) is 0 Å². The lowest BCUT2D eigenvalue weighted by atomic mass is 10.2. The summed E-state index contributed by atoms with van der Waals surface area (Å²) in [6.45, 7) is 8.47. The molecule has 0 aliphatic rings. The molecule has 3 heteroatoms. The van der Waals surface area contributed by atoms with Crippen LogP contribution in [0.2, 0.25) is 0 Å². The van der Waals surface area contributed by atoms with E-state index >= 15 is 0 Å². The summed E-state index contributed by atoms with van der Waals surface area (Å²) in [6.07, 6.45) is 0.551. The van der Waals surface area contributed by atoms with Crippen molar-refractivity contribution in [1.29, 1.82) is 0 Å². The van der Waals surface area contributed by atoms with Gasteiger partial charge in [-0.05, 0) is 32.5 Å². The number of carbonyl (C=O) groups is 1. The quantitative estimate of drug-likeness (QED) is 0.766. The summed E-state index contributed by atoms with van der Waals surface area (Å²) in [4.78, 5) is 13.9. The van der Waals surface area contributed by atoms with E-state index < -0.39 is 0 Å². The highest BCUT2D eigenvalue weighted by Gasteiger charge is 2.12. The summed E-state index contributed by atoms with van der Waals surface area (Å²) < 4.78 is 0. The molecule has 0 fully saturated rings. The Morgan fingerprint density at radius 3 is 2.41 bits per heavy atom. The molecule has 0 spiro atoms. The van der Waals surface area contributed by atoms with Crippen molar-refractivity contribution < 1.29 is 4.79 Å².